The summed E-state index contributed by atoms with van der Waals surface area (Å²) in [5, 5.41) is 0. The van der Waals surface area contributed by atoms with Gasteiger partial charge in [-0.3, -0.25) is 4.79 Å². The van der Waals surface area contributed by atoms with Gasteiger partial charge in [0.1, 0.15) is 0 Å². The molecule has 2 rings (SSSR count). The second-order valence-electron chi connectivity index (χ2n) is 5.80. The zero-order valence-electron chi connectivity index (χ0n) is 12.2. The van der Waals surface area contributed by atoms with E-state index in [1.807, 2.05) is 18.7 Å². The zero-order valence-corrected chi connectivity index (χ0v) is 13.0. The Balaban J connectivity index is 2.14. The van der Waals surface area contributed by atoms with Gasteiger partial charge in [-0.05, 0) is 44.4 Å². The van der Waals surface area contributed by atoms with E-state index in [1.165, 1.54) is 6.26 Å². The van der Waals surface area contributed by atoms with Crippen LogP contribution in [0.2, 0.25) is 0 Å². The molecule has 0 spiro atoms. The van der Waals surface area contributed by atoms with Crippen LogP contribution >= 0.6 is 0 Å². The molecule has 1 aromatic rings. The van der Waals surface area contributed by atoms with Gasteiger partial charge in [-0.15, -0.1) is 0 Å². The maximum Gasteiger partial charge on any atom is 0.254 e. The Morgan fingerprint density at radius 1 is 1.25 bits per heavy atom. The Morgan fingerprint density at radius 2 is 1.80 bits per heavy atom. The van der Waals surface area contributed by atoms with Crippen molar-refractivity contribution in [2.75, 3.05) is 6.26 Å². The number of amides is 1. The van der Waals surface area contributed by atoms with E-state index in [1.54, 1.807) is 24.3 Å². The highest BCUT2D eigenvalue weighted by Crippen LogP contribution is 2.30. The second kappa shape index (κ2) is 5.56. The summed E-state index contributed by atoms with van der Waals surface area (Å²) in [5.41, 5.74) is 1.34. The molecule has 1 aromatic carbocycles. The van der Waals surface area contributed by atoms with Gasteiger partial charge in [0.2, 0.25) is 0 Å². The molecule has 20 heavy (non-hydrogen) atoms. The van der Waals surface area contributed by atoms with Gasteiger partial charge in [0.25, 0.3) is 5.91 Å². The summed E-state index contributed by atoms with van der Waals surface area (Å²) < 4.78 is 22.5. The number of hydrogen-bond donors (Lipinski definition) is 0. The molecule has 0 aromatic heterocycles. The van der Waals surface area contributed by atoms with Crippen LogP contribution in [-0.4, -0.2) is 37.6 Å². The number of carbonyl (C=O) groups excluding carboxylic acids is 1. The summed E-state index contributed by atoms with van der Waals surface area (Å²) in [5.74, 6) is 0.0475. The fourth-order valence-electron chi connectivity index (χ4n) is 2.37. The van der Waals surface area contributed by atoms with Crippen molar-refractivity contribution >= 4 is 15.7 Å². The lowest BCUT2D eigenvalue weighted by molar-refractivity contribution is 0.0690. The Morgan fingerprint density at radius 3 is 2.20 bits per heavy atom. The first kappa shape index (κ1) is 15.0. The summed E-state index contributed by atoms with van der Waals surface area (Å²) in [6.45, 7) is 4.04. The number of sulfone groups is 1. The summed E-state index contributed by atoms with van der Waals surface area (Å²) in [6.07, 6.45) is 3.37. The average molecular weight is 295 g/mol. The van der Waals surface area contributed by atoms with Crippen molar-refractivity contribution in [1.29, 1.82) is 0 Å². The molecule has 0 unspecified atom stereocenters. The third-order valence-corrected chi connectivity index (χ3v) is 4.22. The topological polar surface area (TPSA) is 54.5 Å². The highest BCUT2D eigenvalue weighted by molar-refractivity contribution is 7.89. The van der Waals surface area contributed by atoms with Crippen molar-refractivity contribution in [3.8, 4) is 0 Å². The van der Waals surface area contributed by atoms with Crippen LogP contribution in [0.5, 0.6) is 0 Å². The normalized spacial score (nSPS) is 15.4. The molecule has 0 heterocycles. The van der Waals surface area contributed by atoms with Crippen molar-refractivity contribution in [2.24, 2.45) is 0 Å². The molecule has 4 nitrogen and oxygen atoms in total. The summed E-state index contributed by atoms with van der Waals surface area (Å²) >= 11 is 0. The van der Waals surface area contributed by atoms with E-state index in [4.69, 9.17) is 0 Å². The molecule has 5 heteroatoms. The van der Waals surface area contributed by atoms with E-state index in [-0.39, 0.29) is 17.7 Å². The fraction of sp³-hybridized carbons (Fsp3) is 0.533. The Labute approximate surface area is 120 Å². The Kier molecular flexibility index (Phi) is 4.18. The summed E-state index contributed by atoms with van der Waals surface area (Å²) in [6, 6.07) is 7.45. The Hall–Kier alpha value is -1.36. The molecule has 1 aliphatic carbocycles. The highest BCUT2D eigenvalue weighted by Gasteiger charge is 2.34. The van der Waals surface area contributed by atoms with E-state index in [0.29, 0.717) is 17.2 Å². The van der Waals surface area contributed by atoms with Crippen molar-refractivity contribution in [2.45, 2.75) is 44.5 Å². The van der Waals surface area contributed by atoms with Gasteiger partial charge in [0, 0.05) is 23.9 Å². The predicted octanol–water partition coefficient (Wildman–Crippen LogP) is 2.24. The first-order chi connectivity index (χ1) is 9.28. The lowest BCUT2D eigenvalue weighted by Crippen LogP contribution is -2.38. The van der Waals surface area contributed by atoms with Gasteiger partial charge in [0.05, 0.1) is 5.75 Å². The van der Waals surface area contributed by atoms with E-state index in [2.05, 4.69) is 0 Å². The summed E-state index contributed by atoms with van der Waals surface area (Å²) in [4.78, 5) is 14.4. The zero-order chi connectivity index (χ0) is 14.9. The SMILES string of the molecule is CC(C)N(C(=O)c1ccc(CS(C)(=O)=O)cc1)C1CC1. The van der Waals surface area contributed by atoms with Crippen LogP contribution in [0.15, 0.2) is 24.3 Å². The molecule has 0 N–H and O–H groups in total. The first-order valence-corrected chi connectivity index (χ1v) is 8.93. The van der Waals surface area contributed by atoms with Crippen LogP contribution in [0.1, 0.15) is 42.6 Å². The minimum atomic E-state index is -3.04. The van der Waals surface area contributed by atoms with Gasteiger partial charge in [0.15, 0.2) is 9.84 Å². The van der Waals surface area contributed by atoms with Crippen molar-refractivity contribution in [3.05, 3.63) is 35.4 Å². The molecule has 1 saturated carbocycles. The van der Waals surface area contributed by atoms with Crippen LogP contribution in [0.3, 0.4) is 0 Å². The minimum Gasteiger partial charge on any atom is -0.333 e. The molecule has 1 aliphatic rings. The maximum absolute atomic E-state index is 12.5. The minimum absolute atomic E-state index is 0.0119. The Bertz CT molecular complexity index is 584. The molecule has 1 fully saturated rings. The van der Waals surface area contributed by atoms with Crippen LogP contribution < -0.4 is 0 Å². The van der Waals surface area contributed by atoms with Crippen molar-refractivity contribution in [3.63, 3.8) is 0 Å². The number of benzene rings is 1. The molecule has 0 bridgehead atoms. The van der Waals surface area contributed by atoms with E-state index in [9.17, 15) is 13.2 Å². The third-order valence-electron chi connectivity index (χ3n) is 3.36. The van der Waals surface area contributed by atoms with Crippen LogP contribution in [0.4, 0.5) is 0 Å². The van der Waals surface area contributed by atoms with Crippen LogP contribution in [-0.2, 0) is 15.6 Å². The van der Waals surface area contributed by atoms with E-state index in [0.717, 1.165) is 12.8 Å². The lowest BCUT2D eigenvalue weighted by atomic mass is 10.1. The molecule has 0 aliphatic heterocycles. The predicted molar refractivity (Wildman–Crippen MR) is 79.3 cm³/mol. The van der Waals surface area contributed by atoms with Gasteiger partial charge >= 0.3 is 0 Å². The van der Waals surface area contributed by atoms with E-state index >= 15 is 0 Å². The fourth-order valence-corrected chi connectivity index (χ4v) is 3.17. The molecular formula is C15H21NO3S. The van der Waals surface area contributed by atoms with Gasteiger partial charge in [-0.2, -0.15) is 0 Å². The molecule has 1 amide bonds. The second-order valence-corrected chi connectivity index (χ2v) is 7.94. The highest BCUT2D eigenvalue weighted by atomic mass is 32.2. The van der Waals surface area contributed by atoms with Crippen LogP contribution in [0, 0.1) is 0 Å². The molecule has 0 radical (unpaired) electrons. The maximum atomic E-state index is 12.5. The third kappa shape index (κ3) is 3.82. The molecular weight excluding hydrogens is 274 g/mol. The van der Waals surface area contributed by atoms with Crippen molar-refractivity contribution < 1.29 is 13.2 Å². The summed E-state index contributed by atoms with van der Waals surface area (Å²) in [7, 11) is -3.04. The number of rotatable bonds is 5. The number of hydrogen-bond acceptors (Lipinski definition) is 3. The van der Waals surface area contributed by atoms with Crippen LogP contribution in [0.25, 0.3) is 0 Å². The quantitative estimate of drug-likeness (QED) is 0.837. The first-order valence-electron chi connectivity index (χ1n) is 6.87. The number of carbonyl (C=O) groups is 1. The van der Waals surface area contributed by atoms with E-state index < -0.39 is 9.84 Å². The van der Waals surface area contributed by atoms with Crippen molar-refractivity contribution in [1.82, 2.24) is 4.90 Å². The van der Waals surface area contributed by atoms with Gasteiger partial charge in [-0.1, -0.05) is 12.1 Å². The average Bonchev–Trinajstić information content (AvgIpc) is 3.12. The van der Waals surface area contributed by atoms with Gasteiger partial charge < -0.3 is 4.90 Å². The largest absolute Gasteiger partial charge is 0.333 e. The standard InChI is InChI=1S/C15H21NO3S/c1-11(2)16(14-8-9-14)15(17)13-6-4-12(5-7-13)10-20(3,18)19/h4-7,11,14H,8-10H2,1-3H3. The molecule has 110 valence electrons. The lowest BCUT2D eigenvalue weighted by Gasteiger charge is -2.26. The van der Waals surface area contributed by atoms with Gasteiger partial charge in [-0.25, -0.2) is 8.42 Å². The molecule has 0 saturated heterocycles. The smallest absolute Gasteiger partial charge is 0.254 e. The molecule has 0 atom stereocenters. The monoisotopic (exact) mass is 295 g/mol. The number of nitrogens with zero attached hydrogens (tertiary/aromatic N) is 1.